The van der Waals surface area contributed by atoms with Gasteiger partial charge in [0.2, 0.25) is 0 Å². The van der Waals surface area contributed by atoms with E-state index in [0.717, 1.165) is 13.1 Å². The molecular weight excluding hydrogens is 236 g/mol. The highest BCUT2D eigenvalue weighted by atomic mass is 15.2. The van der Waals surface area contributed by atoms with Crippen molar-refractivity contribution in [1.29, 1.82) is 0 Å². The van der Waals surface area contributed by atoms with E-state index in [1.807, 2.05) is 18.5 Å². The molecule has 0 bridgehead atoms. The van der Waals surface area contributed by atoms with Crippen molar-refractivity contribution in [3.05, 3.63) is 30.1 Å². The Morgan fingerprint density at radius 3 is 2.79 bits per heavy atom. The second kappa shape index (κ2) is 7.58. The van der Waals surface area contributed by atoms with Crippen LogP contribution in [0.15, 0.2) is 24.5 Å². The van der Waals surface area contributed by atoms with Crippen molar-refractivity contribution in [2.45, 2.75) is 18.9 Å². The third-order valence-electron chi connectivity index (χ3n) is 3.85. The van der Waals surface area contributed by atoms with E-state index in [1.54, 1.807) is 0 Å². The molecule has 1 N–H and O–H groups in total. The average molecular weight is 262 g/mol. The molecule has 0 spiro atoms. The molecule has 1 aliphatic heterocycles. The number of nitrogens with zero attached hydrogens (tertiary/aromatic N) is 3. The number of pyridine rings is 1. The van der Waals surface area contributed by atoms with Gasteiger partial charge in [0.25, 0.3) is 0 Å². The lowest BCUT2D eigenvalue weighted by Gasteiger charge is -2.29. The monoisotopic (exact) mass is 262 g/mol. The van der Waals surface area contributed by atoms with Crippen LogP contribution in [0, 0.1) is 0 Å². The smallest absolute Gasteiger partial charge is 0.0357 e. The van der Waals surface area contributed by atoms with Crippen LogP contribution in [-0.2, 0) is 0 Å². The first-order chi connectivity index (χ1) is 9.27. The Labute approximate surface area is 116 Å². The summed E-state index contributed by atoms with van der Waals surface area (Å²) in [5.41, 5.74) is 1.33. The predicted molar refractivity (Wildman–Crippen MR) is 79.2 cm³/mol. The molecule has 0 aliphatic carbocycles. The van der Waals surface area contributed by atoms with Crippen molar-refractivity contribution in [3.63, 3.8) is 0 Å². The maximum Gasteiger partial charge on any atom is 0.0357 e. The standard InChI is InChI=1S/C15H26N4/c1-18(2)15(14-5-3-7-17-13-14)6-4-10-19-11-8-16-9-12-19/h3,5,7,13,15-16H,4,6,8-12H2,1-2H3. The summed E-state index contributed by atoms with van der Waals surface area (Å²) < 4.78 is 0. The number of aromatic nitrogens is 1. The molecule has 106 valence electrons. The van der Waals surface area contributed by atoms with Gasteiger partial charge in [-0.05, 0) is 45.1 Å². The molecule has 2 heterocycles. The van der Waals surface area contributed by atoms with E-state index in [9.17, 15) is 0 Å². The summed E-state index contributed by atoms with van der Waals surface area (Å²) in [4.78, 5) is 9.10. The summed E-state index contributed by atoms with van der Waals surface area (Å²) in [5, 5.41) is 3.40. The number of piperazine rings is 1. The van der Waals surface area contributed by atoms with E-state index >= 15 is 0 Å². The number of hydrogen-bond acceptors (Lipinski definition) is 4. The van der Waals surface area contributed by atoms with Gasteiger partial charge in [-0.25, -0.2) is 0 Å². The normalized spacial score (nSPS) is 18.7. The van der Waals surface area contributed by atoms with E-state index < -0.39 is 0 Å². The minimum atomic E-state index is 0.483. The van der Waals surface area contributed by atoms with E-state index in [4.69, 9.17) is 0 Å². The fourth-order valence-corrected chi connectivity index (χ4v) is 2.74. The van der Waals surface area contributed by atoms with Crippen LogP contribution in [0.2, 0.25) is 0 Å². The molecule has 1 fully saturated rings. The van der Waals surface area contributed by atoms with Crippen molar-refractivity contribution in [1.82, 2.24) is 20.1 Å². The highest BCUT2D eigenvalue weighted by Gasteiger charge is 2.15. The Hall–Kier alpha value is -0.970. The van der Waals surface area contributed by atoms with Gasteiger partial charge in [0.1, 0.15) is 0 Å². The lowest BCUT2D eigenvalue weighted by atomic mass is 10.0. The van der Waals surface area contributed by atoms with Gasteiger partial charge in [-0.1, -0.05) is 6.07 Å². The number of hydrogen-bond donors (Lipinski definition) is 1. The zero-order valence-corrected chi connectivity index (χ0v) is 12.2. The highest BCUT2D eigenvalue weighted by molar-refractivity contribution is 5.13. The summed E-state index contributed by atoms with van der Waals surface area (Å²) in [6.07, 6.45) is 6.28. The predicted octanol–water partition coefficient (Wildman–Crippen LogP) is 1.37. The molecule has 4 nitrogen and oxygen atoms in total. The van der Waals surface area contributed by atoms with Crippen LogP contribution in [0.5, 0.6) is 0 Å². The molecule has 2 rings (SSSR count). The minimum absolute atomic E-state index is 0.483. The summed E-state index contributed by atoms with van der Waals surface area (Å²) in [6, 6.07) is 4.70. The largest absolute Gasteiger partial charge is 0.314 e. The van der Waals surface area contributed by atoms with Gasteiger partial charge in [0.15, 0.2) is 0 Å². The van der Waals surface area contributed by atoms with Crippen LogP contribution < -0.4 is 5.32 Å². The van der Waals surface area contributed by atoms with Gasteiger partial charge in [-0.15, -0.1) is 0 Å². The summed E-state index contributed by atoms with van der Waals surface area (Å²) in [7, 11) is 4.31. The first-order valence-electron chi connectivity index (χ1n) is 7.27. The zero-order chi connectivity index (χ0) is 13.5. The van der Waals surface area contributed by atoms with E-state index in [-0.39, 0.29) is 0 Å². The summed E-state index contributed by atoms with van der Waals surface area (Å²) in [6.45, 7) is 5.88. The maximum absolute atomic E-state index is 4.24. The molecule has 1 aromatic heterocycles. The highest BCUT2D eigenvalue weighted by Crippen LogP contribution is 2.22. The van der Waals surface area contributed by atoms with Crippen LogP contribution in [-0.4, -0.2) is 61.6 Å². The Morgan fingerprint density at radius 2 is 2.16 bits per heavy atom. The quantitative estimate of drug-likeness (QED) is 0.839. The van der Waals surface area contributed by atoms with Gasteiger partial charge in [-0.2, -0.15) is 0 Å². The van der Waals surface area contributed by atoms with Crippen molar-refractivity contribution in [3.8, 4) is 0 Å². The Kier molecular flexibility index (Phi) is 5.76. The lowest BCUT2D eigenvalue weighted by Crippen LogP contribution is -2.43. The lowest BCUT2D eigenvalue weighted by molar-refractivity contribution is 0.217. The molecule has 1 unspecified atom stereocenters. The molecule has 0 saturated carbocycles. The molecule has 1 aliphatic rings. The van der Waals surface area contributed by atoms with Crippen LogP contribution in [0.25, 0.3) is 0 Å². The van der Waals surface area contributed by atoms with Crippen LogP contribution >= 0.6 is 0 Å². The zero-order valence-electron chi connectivity index (χ0n) is 12.2. The van der Waals surface area contributed by atoms with Crippen molar-refractivity contribution in [2.24, 2.45) is 0 Å². The van der Waals surface area contributed by atoms with Gasteiger partial charge in [-0.3, -0.25) is 4.98 Å². The van der Waals surface area contributed by atoms with Crippen LogP contribution in [0.3, 0.4) is 0 Å². The molecule has 0 aromatic carbocycles. The van der Waals surface area contributed by atoms with E-state index in [0.29, 0.717) is 6.04 Å². The molecule has 0 radical (unpaired) electrons. The summed E-state index contributed by atoms with van der Waals surface area (Å²) in [5.74, 6) is 0. The second-order valence-corrected chi connectivity index (χ2v) is 5.50. The van der Waals surface area contributed by atoms with Crippen molar-refractivity contribution < 1.29 is 0 Å². The number of nitrogens with one attached hydrogen (secondary N) is 1. The molecule has 0 amide bonds. The maximum atomic E-state index is 4.24. The molecule has 1 aromatic rings. The SMILES string of the molecule is CN(C)C(CCCN1CCNCC1)c1cccnc1. The average Bonchev–Trinajstić information content (AvgIpc) is 2.45. The third kappa shape index (κ3) is 4.56. The molecule has 4 heteroatoms. The van der Waals surface area contributed by atoms with Crippen molar-refractivity contribution in [2.75, 3.05) is 46.8 Å². The first kappa shape index (κ1) is 14.4. The summed E-state index contributed by atoms with van der Waals surface area (Å²) >= 11 is 0. The molecule has 1 saturated heterocycles. The second-order valence-electron chi connectivity index (χ2n) is 5.50. The van der Waals surface area contributed by atoms with Crippen LogP contribution in [0.4, 0.5) is 0 Å². The van der Waals surface area contributed by atoms with Crippen molar-refractivity contribution >= 4 is 0 Å². The Balaban J connectivity index is 1.80. The molecule has 1 atom stereocenters. The first-order valence-corrected chi connectivity index (χ1v) is 7.27. The molecule has 19 heavy (non-hydrogen) atoms. The van der Waals surface area contributed by atoms with Gasteiger partial charge in [0, 0.05) is 44.6 Å². The van der Waals surface area contributed by atoms with E-state index in [2.05, 4.69) is 40.3 Å². The molecular formula is C15H26N4. The van der Waals surface area contributed by atoms with Gasteiger partial charge in [0.05, 0.1) is 0 Å². The fraction of sp³-hybridized carbons (Fsp3) is 0.667. The topological polar surface area (TPSA) is 31.4 Å². The third-order valence-corrected chi connectivity index (χ3v) is 3.85. The van der Waals surface area contributed by atoms with Gasteiger partial charge >= 0.3 is 0 Å². The van der Waals surface area contributed by atoms with Gasteiger partial charge < -0.3 is 15.1 Å². The number of rotatable bonds is 6. The van der Waals surface area contributed by atoms with Crippen LogP contribution in [0.1, 0.15) is 24.4 Å². The Morgan fingerprint density at radius 1 is 1.37 bits per heavy atom. The fourth-order valence-electron chi connectivity index (χ4n) is 2.74. The Bertz CT molecular complexity index is 346. The van der Waals surface area contributed by atoms with E-state index in [1.165, 1.54) is 38.0 Å². The minimum Gasteiger partial charge on any atom is -0.314 e.